The zero-order valence-electron chi connectivity index (χ0n) is 12.0. The molecule has 0 fully saturated rings. The van der Waals surface area contributed by atoms with Gasteiger partial charge in [0.1, 0.15) is 0 Å². The monoisotopic (exact) mass is 254 g/mol. The van der Waals surface area contributed by atoms with E-state index < -0.39 is 6.10 Å². The zero-order chi connectivity index (χ0) is 14.2. The first-order valence-corrected chi connectivity index (χ1v) is 6.47. The van der Waals surface area contributed by atoms with Crippen LogP contribution >= 0.6 is 0 Å². The molecule has 18 heavy (non-hydrogen) atoms. The fourth-order valence-electron chi connectivity index (χ4n) is 1.89. The molecule has 0 radical (unpaired) electrons. The number of hydrogen-bond donors (Lipinski definition) is 1. The topological polar surface area (TPSA) is 46.5 Å². The molecule has 3 heteroatoms. The molecule has 0 aromatic heterocycles. The summed E-state index contributed by atoms with van der Waals surface area (Å²) in [6, 6.07) is 0. The summed E-state index contributed by atoms with van der Waals surface area (Å²) in [6.45, 7) is 11.7. The van der Waals surface area contributed by atoms with Crippen LogP contribution in [-0.4, -0.2) is 23.8 Å². The molecule has 0 aliphatic rings. The highest BCUT2D eigenvalue weighted by Crippen LogP contribution is 2.31. The Labute approximate surface area is 111 Å². The quantitative estimate of drug-likeness (QED) is 0.534. The van der Waals surface area contributed by atoms with Gasteiger partial charge in [-0.25, -0.2) is 0 Å². The molecule has 0 amide bonds. The number of aliphatic hydroxyl groups is 1. The Morgan fingerprint density at radius 3 is 2.61 bits per heavy atom. The first-order valence-electron chi connectivity index (χ1n) is 6.47. The Kier molecular flexibility index (Phi) is 7.60. The maximum absolute atomic E-state index is 11.6. The number of carbonyl (C=O) groups excluding carboxylic acids is 1. The number of esters is 1. The van der Waals surface area contributed by atoms with Crippen LogP contribution in [0.2, 0.25) is 0 Å². The lowest BCUT2D eigenvalue weighted by Gasteiger charge is -2.26. The number of ether oxygens (including phenoxy) is 1. The summed E-state index contributed by atoms with van der Waals surface area (Å²) in [7, 11) is 0. The average Bonchev–Trinajstić information content (AvgIpc) is 2.26. The molecule has 0 aromatic carbocycles. The normalized spacial score (nSPS) is 16.3. The second kappa shape index (κ2) is 8.09. The van der Waals surface area contributed by atoms with Gasteiger partial charge in [0.05, 0.1) is 19.1 Å². The molecule has 0 aliphatic heterocycles. The molecule has 104 valence electrons. The van der Waals surface area contributed by atoms with Crippen molar-refractivity contribution in [1.29, 1.82) is 0 Å². The molecule has 0 rings (SSSR count). The largest absolute Gasteiger partial charge is 0.466 e. The minimum absolute atomic E-state index is 0.192. The maximum atomic E-state index is 11.6. The van der Waals surface area contributed by atoms with Crippen LogP contribution in [0.5, 0.6) is 0 Å². The van der Waals surface area contributed by atoms with E-state index >= 15 is 0 Å². The molecule has 3 nitrogen and oxygen atoms in total. The Morgan fingerprint density at radius 2 is 2.17 bits per heavy atom. The molecule has 0 saturated heterocycles. The Balaban J connectivity index is 4.52. The van der Waals surface area contributed by atoms with Crippen LogP contribution in [0, 0.1) is 5.41 Å². The van der Waals surface area contributed by atoms with Crippen molar-refractivity contribution in [3.8, 4) is 0 Å². The van der Waals surface area contributed by atoms with Gasteiger partial charge >= 0.3 is 5.97 Å². The summed E-state index contributed by atoms with van der Waals surface area (Å²) in [5, 5.41) is 9.76. The summed E-state index contributed by atoms with van der Waals surface area (Å²) in [6.07, 6.45) is 5.12. The molecule has 0 bridgehead atoms. The third-order valence-corrected chi connectivity index (χ3v) is 2.98. The summed E-state index contributed by atoms with van der Waals surface area (Å²) in [5.41, 5.74) is 0.492. The second-order valence-electron chi connectivity index (χ2n) is 5.04. The highest BCUT2D eigenvalue weighted by molar-refractivity contribution is 5.70. The predicted molar refractivity (Wildman–Crippen MR) is 74.2 cm³/mol. The zero-order valence-corrected chi connectivity index (χ0v) is 12.0. The number of carbonyl (C=O) groups is 1. The van der Waals surface area contributed by atoms with Gasteiger partial charge in [-0.3, -0.25) is 4.79 Å². The first kappa shape index (κ1) is 16.9. The van der Waals surface area contributed by atoms with Gasteiger partial charge < -0.3 is 9.84 Å². The lowest BCUT2D eigenvalue weighted by Crippen LogP contribution is -2.22. The van der Waals surface area contributed by atoms with Gasteiger partial charge in [-0.05, 0) is 39.0 Å². The van der Waals surface area contributed by atoms with Gasteiger partial charge in [-0.1, -0.05) is 31.2 Å². The standard InChI is InChI=1S/C15H26O3/c1-6-9-15(5,11-14(17)18-7-2)10-8-13(16)12(3)4/h6,9,13,16H,3,7-8,10-11H2,1-2,4-5H3. The number of aliphatic hydroxyl groups excluding tert-OH is 1. The van der Waals surface area contributed by atoms with Crippen molar-refractivity contribution in [2.45, 2.75) is 53.1 Å². The van der Waals surface area contributed by atoms with E-state index in [2.05, 4.69) is 6.58 Å². The molecule has 2 unspecified atom stereocenters. The molecule has 0 aromatic rings. The smallest absolute Gasteiger partial charge is 0.306 e. The van der Waals surface area contributed by atoms with Crippen molar-refractivity contribution in [2.24, 2.45) is 5.41 Å². The van der Waals surface area contributed by atoms with Gasteiger partial charge in [0.25, 0.3) is 0 Å². The molecule has 0 heterocycles. The Bertz CT molecular complexity index is 307. The van der Waals surface area contributed by atoms with Crippen molar-refractivity contribution in [3.63, 3.8) is 0 Å². The molecule has 1 N–H and O–H groups in total. The molecular formula is C15H26O3. The van der Waals surface area contributed by atoms with Gasteiger partial charge in [0.2, 0.25) is 0 Å². The van der Waals surface area contributed by atoms with Crippen molar-refractivity contribution in [2.75, 3.05) is 6.61 Å². The van der Waals surface area contributed by atoms with Crippen LogP contribution in [0.15, 0.2) is 24.3 Å². The minimum Gasteiger partial charge on any atom is -0.466 e. The minimum atomic E-state index is -0.503. The van der Waals surface area contributed by atoms with E-state index in [-0.39, 0.29) is 11.4 Å². The molecule has 0 spiro atoms. The van der Waals surface area contributed by atoms with E-state index in [1.165, 1.54) is 0 Å². The molecular weight excluding hydrogens is 228 g/mol. The molecule has 0 aliphatic carbocycles. The fourth-order valence-corrected chi connectivity index (χ4v) is 1.89. The van der Waals surface area contributed by atoms with E-state index in [0.29, 0.717) is 19.4 Å². The lowest BCUT2D eigenvalue weighted by atomic mass is 9.80. The van der Waals surface area contributed by atoms with E-state index in [0.717, 1.165) is 12.0 Å². The van der Waals surface area contributed by atoms with E-state index in [9.17, 15) is 9.90 Å². The summed E-state index contributed by atoms with van der Waals surface area (Å²) < 4.78 is 4.99. The highest BCUT2D eigenvalue weighted by atomic mass is 16.5. The van der Waals surface area contributed by atoms with Crippen LogP contribution in [-0.2, 0) is 9.53 Å². The van der Waals surface area contributed by atoms with Crippen molar-refractivity contribution >= 4 is 5.97 Å². The van der Waals surface area contributed by atoms with Crippen LogP contribution < -0.4 is 0 Å². The number of hydrogen-bond acceptors (Lipinski definition) is 3. The van der Waals surface area contributed by atoms with Crippen LogP contribution in [0.3, 0.4) is 0 Å². The predicted octanol–water partition coefficient (Wildman–Crippen LogP) is 3.24. The Hall–Kier alpha value is -1.09. The lowest BCUT2D eigenvalue weighted by molar-refractivity contribution is -0.145. The van der Waals surface area contributed by atoms with Crippen molar-refractivity contribution < 1.29 is 14.6 Å². The van der Waals surface area contributed by atoms with Gasteiger partial charge in [0, 0.05) is 0 Å². The van der Waals surface area contributed by atoms with E-state index in [1.807, 2.05) is 32.9 Å². The highest BCUT2D eigenvalue weighted by Gasteiger charge is 2.26. The molecule has 2 atom stereocenters. The fraction of sp³-hybridized carbons (Fsp3) is 0.667. The maximum Gasteiger partial charge on any atom is 0.306 e. The first-order chi connectivity index (χ1) is 8.34. The van der Waals surface area contributed by atoms with E-state index in [1.54, 1.807) is 6.92 Å². The summed E-state index contributed by atoms with van der Waals surface area (Å²) >= 11 is 0. The third kappa shape index (κ3) is 6.60. The average molecular weight is 254 g/mol. The van der Waals surface area contributed by atoms with Gasteiger partial charge in [-0.15, -0.1) is 0 Å². The van der Waals surface area contributed by atoms with Crippen molar-refractivity contribution in [1.82, 2.24) is 0 Å². The number of rotatable bonds is 8. The number of allylic oxidation sites excluding steroid dienone is 2. The van der Waals surface area contributed by atoms with Crippen molar-refractivity contribution in [3.05, 3.63) is 24.3 Å². The van der Waals surface area contributed by atoms with Gasteiger partial charge in [0.15, 0.2) is 0 Å². The summed E-state index contributed by atoms with van der Waals surface area (Å²) in [5.74, 6) is -0.192. The third-order valence-electron chi connectivity index (χ3n) is 2.98. The van der Waals surface area contributed by atoms with Crippen LogP contribution in [0.25, 0.3) is 0 Å². The van der Waals surface area contributed by atoms with Crippen LogP contribution in [0.1, 0.15) is 47.0 Å². The van der Waals surface area contributed by atoms with E-state index in [4.69, 9.17) is 4.74 Å². The van der Waals surface area contributed by atoms with Crippen LogP contribution in [0.4, 0.5) is 0 Å². The molecule has 0 saturated carbocycles. The SMILES string of the molecule is C=C(C)C(O)CCC(C)(C=CC)CC(=O)OCC. The van der Waals surface area contributed by atoms with Gasteiger partial charge in [-0.2, -0.15) is 0 Å². The second-order valence-corrected chi connectivity index (χ2v) is 5.04. The Morgan fingerprint density at radius 1 is 1.56 bits per heavy atom. The summed E-state index contributed by atoms with van der Waals surface area (Å²) in [4.78, 5) is 11.6.